The summed E-state index contributed by atoms with van der Waals surface area (Å²) >= 11 is 0. The fourth-order valence-electron chi connectivity index (χ4n) is 1.22. The summed E-state index contributed by atoms with van der Waals surface area (Å²) in [4.78, 5) is 3.98. The molecule has 0 aliphatic heterocycles. The first-order valence-corrected chi connectivity index (χ1v) is 4.88. The van der Waals surface area contributed by atoms with Gasteiger partial charge >= 0.3 is 0 Å². The van der Waals surface area contributed by atoms with E-state index in [0.29, 0.717) is 18.1 Å². The molecule has 6 heteroatoms. The first-order chi connectivity index (χ1) is 8.29. The molecule has 0 unspecified atom stereocenters. The van der Waals surface area contributed by atoms with E-state index in [4.69, 9.17) is 20.1 Å². The van der Waals surface area contributed by atoms with Crippen LogP contribution in [0.15, 0.2) is 46.3 Å². The van der Waals surface area contributed by atoms with Crippen LogP contribution in [-0.4, -0.2) is 16.0 Å². The number of pyridine rings is 1. The summed E-state index contributed by atoms with van der Waals surface area (Å²) in [5.74, 6) is 1.27. The lowest BCUT2D eigenvalue weighted by atomic mass is 10.3. The van der Waals surface area contributed by atoms with E-state index < -0.39 is 0 Å². The lowest BCUT2D eigenvalue weighted by Crippen LogP contribution is -2.14. The highest BCUT2D eigenvalue weighted by molar-refractivity contribution is 5.95. The Hall–Kier alpha value is -2.50. The minimum Gasteiger partial charge on any atom is -0.484 e. The highest BCUT2D eigenvalue weighted by Crippen LogP contribution is 2.12. The molecule has 0 aliphatic carbocycles. The number of hydrogen-bond donors (Lipinski definition) is 2. The third-order valence-corrected chi connectivity index (χ3v) is 2.07. The molecule has 0 saturated heterocycles. The Bertz CT molecular complexity index is 491. The van der Waals surface area contributed by atoms with Gasteiger partial charge in [0.2, 0.25) is 0 Å². The minimum absolute atomic E-state index is 0.0393. The van der Waals surface area contributed by atoms with Crippen LogP contribution in [0.5, 0.6) is 5.75 Å². The van der Waals surface area contributed by atoms with Crippen molar-refractivity contribution in [2.75, 3.05) is 0 Å². The molecule has 2 heterocycles. The minimum atomic E-state index is -0.0393. The topological polar surface area (TPSA) is 93.9 Å². The maximum Gasteiger partial charge on any atom is 0.188 e. The van der Waals surface area contributed by atoms with Crippen LogP contribution in [0.2, 0.25) is 0 Å². The molecule has 0 spiro atoms. The van der Waals surface area contributed by atoms with Crippen LogP contribution in [0.3, 0.4) is 0 Å². The molecule has 2 rings (SSSR count). The van der Waals surface area contributed by atoms with Crippen molar-refractivity contribution in [3.63, 3.8) is 0 Å². The molecule has 0 aliphatic rings. The summed E-state index contributed by atoms with van der Waals surface area (Å²) in [6.45, 7) is 0.331. The highest BCUT2D eigenvalue weighted by atomic mass is 16.5. The third kappa shape index (κ3) is 2.75. The number of aromatic nitrogens is 1. The molecule has 0 atom stereocenters. The molecule has 0 amide bonds. The number of rotatable bonds is 4. The van der Waals surface area contributed by atoms with Crippen molar-refractivity contribution in [3.8, 4) is 5.75 Å². The van der Waals surface area contributed by atoms with Gasteiger partial charge in [-0.15, -0.1) is 0 Å². The number of hydrogen-bond acceptors (Lipinski definition) is 5. The number of nitrogens with two attached hydrogens (primary N) is 1. The first kappa shape index (κ1) is 11.0. The summed E-state index contributed by atoms with van der Waals surface area (Å²) in [5.41, 5.74) is 5.76. The van der Waals surface area contributed by atoms with Crippen LogP contribution in [0.4, 0.5) is 0 Å². The van der Waals surface area contributed by atoms with Crippen LogP contribution in [0.1, 0.15) is 11.5 Å². The average molecular weight is 233 g/mol. The fourth-order valence-corrected chi connectivity index (χ4v) is 1.22. The Morgan fingerprint density at radius 3 is 2.94 bits per heavy atom. The van der Waals surface area contributed by atoms with Crippen LogP contribution in [-0.2, 0) is 6.61 Å². The standard InChI is InChI=1S/C11H11N3O3/c12-11(14-15)10-4-3-8(6-13-10)17-7-9-2-1-5-16-9/h1-6,15H,7H2,(H2,12,14). The first-order valence-electron chi connectivity index (χ1n) is 4.88. The SMILES string of the molecule is N/C(=N/O)c1ccc(OCc2ccco2)cn1. The molecular weight excluding hydrogens is 222 g/mol. The maximum atomic E-state index is 8.47. The van der Waals surface area contributed by atoms with E-state index in [0.717, 1.165) is 5.76 Å². The van der Waals surface area contributed by atoms with Gasteiger partial charge in [0.15, 0.2) is 5.84 Å². The Balaban J connectivity index is 1.99. The van der Waals surface area contributed by atoms with Crippen molar-refractivity contribution in [1.29, 1.82) is 0 Å². The van der Waals surface area contributed by atoms with Crippen LogP contribution in [0, 0.1) is 0 Å². The van der Waals surface area contributed by atoms with Gasteiger partial charge < -0.3 is 20.1 Å². The lowest BCUT2D eigenvalue weighted by Gasteiger charge is -2.04. The van der Waals surface area contributed by atoms with E-state index in [-0.39, 0.29) is 5.84 Å². The number of ether oxygens (including phenoxy) is 1. The zero-order valence-corrected chi connectivity index (χ0v) is 8.91. The zero-order chi connectivity index (χ0) is 12.1. The molecular formula is C11H11N3O3. The molecule has 0 bridgehead atoms. The molecule has 6 nitrogen and oxygen atoms in total. The molecule has 2 aromatic heterocycles. The van der Waals surface area contributed by atoms with Crippen LogP contribution >= 0.6 is 0 Å². The monoisotopic (exact) mass is 233 g/mol. The third-order valence-electron chi connectivity index (χ3n) is 2.07. The van der Waals surface area contributed by atoms with Gasteiger partial charge in [0.25, 0.3) is 0 Å². The molecule has 0 saturated carbocycles. The second-order valence-corrected chi connectivity index (χ2v) is 3.23. The second kappa shape index (κ2) is 5.02. The van der Waals surface area contributed by atoms with E-state index in [1.807, 2.05) is 6.07 Å². The van der Waals surface area contributed by atoms with Gasteiger partial charge in [-0.2, -0.15) is 0 Å². The average Bonchev–Trinajstić information content (AvgIpc) is 2.89. The summed E-state index contributed by atoms with van der Waals surface area (Å²) in [6, 6.07) is 6.90. The van der Waals surface area contributed by atoms with Crippen molar-refractivity contribution in [3.05, 3.63) is 48.2 Å². The number of nitrogens with zero attached hydrogens (tertiary/aromatic N) is 2. The van der Waals surface area contributed by atoms with Crippen molar-refractivity contribution in [1.82, 2.24) is 4.98 Å². The zero-order valence-electron chi connectivity index (χ0n) is 8.91. The second-order valence-electron chi connectivity index (χ2n) is 3.23. The van der Waals surface area contributed by atoms with E-state index in [9.17, 15) is 0 Å². The normalized spacial score (nSPS) is 11.4. The molecule has 3 N–H and O–H groups in total. The van der Waals surface area contributed by atoms with Crippen LogP contribution in [0.25, 0.3) is 0 Å². The summed E-state index contributed by atoms with van der Waals surface area (Å²) in [5, 5.41) is 11.3. The molecule has 88 valence electrons. The largest absolute Gasteiger partial charge is 0.484 e. The predicted molar refractivity (Wildman–Crippen MR) is 59.8 cm³/mol. The Morgan fingerprint density at radius 2 is 2.35 bits per heavy atom. The van der Waals surface area contributed by atoms with E-state index in [1.165, 1.54) is 6.20 Å². The number of oxime groups is 1. The highest BCUT2D eigenvalue weighted by Gasteiger charge is 2.02. The van der Waals surface area contributed by atoms with Gasteiger partial charge in [0, 0.05) is 0 Å². The van der Waals surface area contributed by atoms with E-state index in [2.05, 4.69) is 10.1 Å². The van der Waals surface area contributed by atoms with E-state index >= 15 is 0 Å². The quantitative estimate of drug-likeness (QED) is 0.360. The fraction of sp³-hybridized carbons (Fsp3) is 0.0909. The number of furan rings is 1. The Morgan fingerprint density at radius 1 is 1.47 bits per heavy atom. The maximum absolute atomic E-state index is 8.47. The van der Waals surface area contributed by atoms with Crippen molar-refractivity contribution in [2.24, 2.45) is 10.9 Å². The summed E-state index contributed by atoms with van der Waals surface area (Å²) < 4.78 is 10.5. The Kier molecular flexibility index (Phi) is 3.25. The van der Waals surface area contributed by atoms with Crippen molar-refractivity contribution >= 4 is 5.84 Å². The Labute approximate surface area is 97.3 Å². The van der Waals surface area contributed by atoms with Gasteiger partial charge in [-0.3, -0.25) is 0 Å². The van der Waals surface area contributed by atoms with Crippen molar-refractivity contribution < 1.29 is 14.4 Å². The van der Waals surface area contributed by atoms with Crippen molar-refractivity contribution in [2.45, 2.75) is 6.61 Å². The lowest BCUT2D eigenvalue weighted by molar-refractivity contribution is 0.269. The van der Waals surface area contributed by atoms with Gasteiger partial charge in [-0.25, -0.2) is 4.98 Å². The molecule has 17 heavy (non-hydrogen) atoms. The molecule has 0 fully saturated rings. The van der Waals surface area contributed by atoms with Gasteiger partial charge in [0.05, 0.1) is 12.5 Å². The number of amidine groups is 1. The molecule has 2 aromatic rings. The van der Waals surface area contributed by atoms with Gasteiger partial charge in [-0.05, 0) is 24.3 Å². The summed E-state index contributed by atoms with van der Waals surface area (Å²) in [6.07, 6.45) is 3.08. The smallest absolute Gasteiger partial charge is 0.188 e. The molecule has 0 radical (unpaired) electrons. The molecule has 0 aromatic carbocycles. The van der Waals surface area contributed by atoms with Gasteiger partial charge in [0.1, 0.15) is 23.8 Å². The summed E-state index contributed by atoms with van der Waals surface area (Å²) in [7, 11) is 0. The van der Waals surface area contributed by atoms with Crippen LogP contribution < -0.4 is 10.5 Å². The predicted octanol–water partition coefficient (Wildman–Crippen LogP) is 1.35. The van der Waals surface area contributed by atoms with E-state index in [1.54, 1.807) is 24.5 Å². The van der Waals surface area contributed by atoms with Gasteiger partial charge in [-0.1, -0.05) is 5.16 Å².